The van der Waals surface area contributed by atoms with E-state index >= 15 is 0 Å². The maximum Gasteiger partial charge on any atom is 0.252 e. The normalized spacial score (nSPS) is 18.6. The third kappa shape index (κ3) is 7.06. The highest BCUT2D eigenvalue weighted by molar-refractivity contribution is 7.00. The molecule has 0 spiro atoms. The summed E-state index contributed by atoms with van der Waals surface area (Å²) in [7, 11) is 0. The molecule has 8 aromatic carbocycles. The lowest BCUT2D eigenvalue weighted by molar-refractivity contribution is 0.195. The standard InChI is InChI=1S/C69H65BN4/c1-66(2,3)49-33-36-58(52(42-49)46-23-11-9-12-24-46)72-61-30-17-15-27-55(61)70-56-28-16-18-31-62(56)73(59-37-34-50(67(4,5)6)43-53(59)47-25-13-10-14-26-47)64-45-51(44-63(72)65(64)70)74-60-35-32-48(57-29-19-22-40-71-57)41-54(60)68(7)38-20-21-39-69(68,74)8/h9-19,22-37,40-45H,20-21,38-39H2,1-8H3. The van der Waals surface area contributed by atoms with Crippen LogP contribution in [-0.4, -0.2) is 17.2 Å². The van der Waals surface area contributed by atoms with E-state index in [-0.39, 0.29) is 28.5 Å². The molecule has 4 heterocycles. The van der Waals surface area contributed by atoms with Crippen molar-refractivity contribution < 1.29 is 0 Å². The Morgan fingerprint density at radius 2 is 0.946 bits per heavy atom. The molecule has 364 valence electrons. The number of para-hydroxylation sites is 2. The van der Waals surface area contributed by atoms with Crippen molar-refractivity contribution in [2.24, 2.45) is 0 Å². The average molecular weight is 961 g/mol. The molecule has 1 saturated carbocycles. The predicted octanol–water partition coefficient (Wildman–Crippen LogP) is 16.5. The van der Waals surface area contributed by atoms with Crippen molar-refractivity contribution in [2.45, 2.75) is 103 Å². The number of hydrogen-bond donors (Lipinski definition) is 0. The summed E-state index contributed by atoms with van der Waals surface area (Å²) >= 11 is 0. The zero-order valence-corrected chi connectivity index (χ0v) is 44.2. The predicted molar refractivity (Wildman–Crippen MR) is 315 cm³/mol. The Hall–Kier alpha value is -7.63. The van der Waals surface area contributed by atoms with Gasteiger partial charge in [0.2, 0.25) is 0 Å². The lowest BCUT2D eigenvalue weighted by Gasteiger charge is -2.51. The zero-order valence-electron chi connectivity index (χ0n) is 44.2. The smallest absolute Gasteiger partial charge is 0.252 e. The molecular weight excluding hydrogens is 896 g/mol. The van der Waals surface area contributed by atoms with Crippen molar-refractivity contribution in [3.63, 3.8) is 0 Å². The number of aromatic nitrogens is 1. The molecule has 0 saturated heterocycles. The molecule has 13 rings (SSSR count). The highest BCUT2D eigenvalue weighted by Gasteiger charge is 2.58. The van der Waals surface area contributed by atoms with Crippen LogP contribution in [-0.2, 0) is 16.2 Å². The largest absolute Gasteiger partial charge is 0.334 e. The number of anilines is 8. The van der Waals surface area contributed by atoms with Gasteiger partial charge >= 0.3 is 0 Å². The fourth-order valence-electron chi connectivity index (χ4n) is 13.5. The van der Waals surface area contributed by atoms with Gasteiger partial charge in [0.15, 0.2) is 0 Å². The summed E-state index contributed by atoms with van der Waals surface area (Å²) < 4.78 is 0. The van der Waals surface area contributed by atoms with Crippen LogP contribution in [0, 0.1) is 0 Å². The number of pyridine rings is 1. The van der Waals surface area contributed by atoms with E-state index in [9.17, 15) is 0 Å². The summed E-state index contributed by atoms with van der Waals surface area (Å²) in [6.07, 6.45) is 6.52. The Morgan fingerprint density at radius 3 is 1.47 bits per heavy atom. The number of nitrogens with zero attached hydrogens (tertiary/aromatic N) is 4. The summed E-state index contributed by atoms with van der Waals surface area (Å²) in [5.74, 6) is 0. The van der Waals surface area contributed by atoms with E-state index in [0.717, 1.165) is 18.5 Å². The Balaban J connectivity index is 1.15. The van der Waals surface area contributed by atoms with Crippen molar-refractivity contribution in [3.8, 4) is 33.5 Å². The SMILES string of the molecule is CC(C)(C)c1ccc(N2c3ccccc3B3c4ccccc4N(c4ccc(C(C)(C)C)cc4-c4ccccc4)c4cc(N5c6ccc(-c7ccccn7)cc6C6(C)CCCCC56C)cc2c43)c(-c2ccccc2)c1. The van der Waals surface area contributed by atoms with E-state index < -0.39 is 0 Å². The molecule has 1 aliphatic carbocycles. The van der Waals surface area contributed by atoms with Gasteiger partial charge in [0.1, 0.15) is 0 Å². The number of hydrogen-bond acceptors (Lipinski definition) is 4. The second-order valence-electron chi connectivity index (χ2n) is 23.9. The van der Waals surface area contributed by atoms with Gasteiger partial charge < -0.3 is 14.7 Å². The fourth-order valence-corrected chi connectivity index (χ4v) is 13.5. The van der Waals surface area contributed by atoms with Gasteiger partial charge in [0.05, 0.1) is 22.6 Å². The first-order chi connectivity index (χ1) is 35.7. The van der Waals surface area contributed by atoms with Crippen molar-refractivity contribution in [2.75, 3.05) is 14.7 Å². The highest BCUT2D eigenvalue weighted by Crippen LogP contribution is 2.62. The van der Waals surface area contributed by atoms with E-state index in [4.69, 9.17) is 4.98 Å². The van der Waals surface area contributed by atoms with Crippen LogP contribution >= 0.6 is 0 Å². The van der Waals surface area contributed by atoms with Crippen LogP contribution in [0.25, 0.3) is 33.5 Å². The van der Waals surface area contributed by atoms with E-state index in [2.05, 4.69) is 258 Å². The molecular formula is C69H65BN4. The van der Waals surface area contributed by atoms with Gasteiger partial charge in [-0.3, -0.25) is 4.98 Å². The fraction of sp³-hybridized carbons (Fsp3) is 0.232. The molecule has 2 unspecified atom stereocenters. The molecule has 0 bridgehead atoms. The second kappa shape index (κ2) is 17.0. The van der Waals surface area contributed by atoms with Crippen molar-refractivity contribution in [3.05, 3.63) is 217 Å². The zero-order chi connectivity index (χ0) is 50.7. The summed E-state index contributed by atoms with van der Waals surface area (Å²) in [4.78, 5) is 12.9. The topological polar surface area (TPSA) is 22.6 Å². The third-order valence-corrected chi connectivity index (χ3v) is 17.6. The Labute approximate surface area is 439 Å². The first-order valence-corrected chi connectivity index (χ1v) is 27.0. The third-order valence-electron chi connectivity index (χ3n) is 17.6. The quantitative estimate of drug-likeness (QED) is 0.155. The highest BCUT2D eigenvalue weighted by atomic mass is 15.3. The average Bonchev–Trinajstić information content (AvgIpc) is 3.71. The van der Waals surface area contributed by atoms with Gasteiger partial charge in [-0.05, 0) is 148 Å². The molecule has 2 atom stereocenters. The molecule has 3 aliphatic heterocycles. The molecule has 5 heteroatoms. The molecule has 9 aromatic rings. The minimum absolute atomic E-state index is 0.0145. The number of benzene rings is 8. The van der Waals surface area contributed by atoms with Gasteiger partial charge in [-0.2, -0.15) is 0 Å². The van der Waals surface area contributed by atoms with Gasteiger partial charge in [-0.15, -0.1) is 0 Å². The summed E-state index contributed by atoms with van der Waals surface area (Å²) in [5, 5.41) is 0. The lowest BCUT2D eigenvalue weighted by atomic mass is 9.33. The molecule has 74 heavy (non-hydrogen) atoms. The molecule has 1 aromatic heterocycles. The van der Waals surface area contributed by atoms with Crippen molar-refractivity contribution in [1.29, 1.82) is 0 Å². The number of rotatable bonds is 6. The van der Waals surface area contributed by atoms with Crippen LogP contribution in [0.3, 0.4) is 0 Å². The second-order valence-corrected chi connectivity index (χ2v) is 23.9. The van der Waals surface area contributed by atoms with Crippen LogP contribution in [0.2, 0.25) is 0 Å². The number of fused-ring (bicyclic) bond motifs is 7. The van der Waals surface area contributed by atoms with E-state index in [1.807, 2.05) is 12.3 Å². The van der Waals surface area contributed by atoms with Gasteiger partial charge in [0.25, 0.3) is 6.71 Å². The van der Waals surface area contributed by atoms with Gasteiger partial charge in [-0.25, -0.2) is 0 Å². The molecule has 1 fully saturated rings. The van der Waals surface area contributed by atoms with Gasteiger partial charge in [-0.1, -0.05) is 183 Å². The summed E-state index contributed by atoms with van der Waals surface area (Å²) in [6, 6.07) is 73.8. The maximum absolute atomic E-state index is 4.86. The van der Waals surface area contributed by atoms with Crippen LogP contribution in [0.5, 0.6) is 0 Å². The van der Waals surface area contributed by atoms with E-state index in [1.165, 1.54) is 119 Å². The molecule has 0 radical (unpaired) electrons. The van der Waals surface area contributed by atoms with Crippen LogP contribution in [0.15, 0.2) is 200 Å². The van der Waals surface area contributed by atoms with Crippen molar-refractivity contribution in [1.82, 2.24) is 4.98 Å². The van der Waals surface area contributed by atoms with Crippen LogP contribution in [0.4, 0.5) is 45.5 Å². The van der Waals surface area contributed by atoms with Crippen LogP contribution < -0.4 is 31.1 Å². The monoisotopic (exact) mass is 961 g/mol. The Bertz CT molecular complexity index is 3470. The Kier molecular flexibility index (Phi) is 10.6. The first-order valence-electron chi connectivity index (χ1n) is 27.0. The minimum atomic E-state index is -0.210. The molecule has 4 nitrogen and oxygen atoms in total. The maximum atomic E-state index is 4.86. The lowest BCUT2D eigenvalue weighted by Crippen LogP contribution is -2.61. The minimum Gasteiger partial charge on any atom is -0.334 e. The molecule has 0 N–H and O–H groups in total. The summed E-state index contributed by atoms with van der Waals surface area (Å²) in [6.45, 7) is 19.1. The van der Waals surface area contributed by atoms with Crippen molar-refractivity contribution >= 4 is 68.6 Å². The van der Waals surface area contributed by atoms with E-state index in [1.54, 1.807) is 0 Å². The Morgan fingerprint density at radius 1 is 0.446 bits per heavy atom. The van der Waals surface area contributed by atoms with Crippen LogP contribution in [0.1, 0.15) is 97.8 Å². The molecule has 4 aliphatic rings. The first kappa shape index (κ1) is 46.2. The summed E-state index contributed by atoms with van der Waals surface area (Å²) in [5.41, 5.74) is 24.4. The van der Waals surface area contributed by atoms with E-state index in [0.29, 0.717) is 0 Å². The van der Waals surface area contributed by atoms with Gasteiger partial charge in [0, 0.05) is 62.4 Å². The molecule has 0 amide bonds.